The van der Waals surface area contributed by atoms with Crippen LogP contribution >= 0.6 is 0 Å². The molecule has 3 amide bonds. The first-order valence-corrected chi connectivity index (χ1v) is 11.9. The molecule has 9 heteroatoms. The van der Waals surface area contributed by atoms with Crippen LogP contribution in [-0.4, -0.2) is 30.9 Å². The van der Waals surface area contributed by atoms with Crippen molar-refractivity contribution in [1.82, 2.24) is 5.43 Å². The number of anilines is 2. The van der Waals surface area contributed by atoms with Crippen LogP contribution in [0.25, 0.3) is 6.08 Å². The van der Waals surface area contributed by atoms with E-state index in [9.17, 15) is 18.8 Å². The quantitative estimate of drug-likeness (QED) is 0.237. The summed E-state index contributed by atoms with van der Waals surface area (Å²) < 4.78 is 25.5. The zero-order valence-corrected chi connectivity index (χ0v) is 20.7. The van der Waals surface area contributed by atoms with E-state index < -0.39 is 30.1 Å². The maximum absolute atomic E-state index is 13.9. The normalized spacial score (nSPS) is 13.8. The van der Waals surface area contributed by atoms with Crippen molar-refractivity contribution in [1.29, 1.82) is 0 Å². The van der Waals surface area contributed by atoms with Crippen molar-refractivity contribution >= 4 is 35.2 Å². The van der Waals surface area contributed by atoms with E-state index in [2.05, 4.69) is 17.3 Å². The highest BCUT2D eigenvalue weighted by Gasteiger charge is 2.34. The van der Waals surface area contributed by atoms with Gasteiger partial charge in [0.15, 0.2) is 18.1 Å². The number of halogens is 1. The smallest absolute Gasteiger partial charge is 0.282 e. The molecule has 0 aromatic heterocycles. The van der Waals surface area contributed by atoms with Crippen molar-refractivity contribution in [3.05, 3.63) is 102 Å². The van der Waals surface area contributed by atoms with Crippen LogP contribution in [0.3, 0.4) is 0 Å². The standard InChI is InChI=1S/C29H26FN3O5/c1-3-10-20-15-19(16-22-28(35)32-33(29(22)36)21-11-6-5-7-12-21)17-25(37-4-2)27(20)38-18-26(34)31-24-14-9-8-13-23(24)30/h3,5-9,11-17H,1,4,10,18H2,2H3,(H,31,34)(H,32,35)/b22-16-. The minimum Gasteiger partial charge on any atom is -0.490 e. The highest BCUT2D eigenvalue weighted by Crippen LogP contribution is 2.35. The van der Waals surface area contributed by atoms with Gasteiger partial charge in [0.1, 0.15) is 11.4 Å². The van der Waals surface area contributed by atoms with Crippen molar-refractivity contribution in [2.75, 3.05) is 23.5 Å². The molecule has 0 spiro atoms. The number of ether oxygens (including phenoxy) is 2. The van der Waals surface area contributed by atoms with Crippen LogP contribution in [0.5, 0.6) is 11.5 Å². The summed E-state index contributed by atoms with van der Waals surface area (Å²) in [6, 6.07) is 17.9. The fourth-order valence-electron chi connectivity index (χ4n) is 3.87. The van der Waals surface area contributed by atoms with Crippen LogP contribution in [0, 0.1) is 5.82 Å². The monoisotopic (exact) mass is 515 g/mol. The largest absolute Gasteiger partial charge is 0.490 e. The predicted octanol–water partition coefficient (Wildman–Crippen LogP) is 4.43. The number of amides is 3. The molecule has 1 aliphatic rings. The topological polar surface area (TPSA) is 97.0 Å². The molecule has 8 nitrogen and oxygen atoms in total. The second-order valence-corrected chi connectivity index (χ2v) is 8.22. The molecule has 1 heterocycles. The molecule has 0 atom stereocenters. The van der Waals surface area contributed by atoms with E-state index in [-0.39, 0.29) is 11.3 Å². The summed E-state index contributed by atoms with van der Waals surface area (Å²) in [7, 11) is 0. The fourth-order valence-corrected chi connectivity index (χ4v) is 3.87. The number of carbonyl (C=O) groups is 3. The molecule has 0 radical (unpaired) electrons. The zero-order valence-electron chi connectivity index (χ0n) is 20.7. The van der Waals surface area contributed by atoms with E-state index in [1.807, 2.05) is 6.07 Å². The highest BCUT2D eigenvalue weighted by atomic mass is 19.1. The first-order valence-electron chi connectivity index (χ1n) is 11.9. The molecule has 1 fully saturated rings. The maximum Gasteiger partial charge on any atom is 0.282 e. The molecule has 0 unspecified atom stereocenters. The van der Waals surface area contributed by atoms with Gasteiger partial charge in [0.05, 0.1) is 18.0 Å². The average molecular weight is 516 g/mol. The van der Waals surface area contributed by atoms with E-state index >= 15 is 0 Å². The molecule has 1 aliphatic heterocycles. The van der Waals surface area contributed by atoms with E-state index in [0.29, 0.717) is 41.3 Å². The van der Waals surface area contributed by atoms with Crippen LogP contribution in [-0.2, 0) is 20.8 Å². The molecule has 0 saturated carbocycles. The summed E-state index contributed by atoms with van der Waals surface area (Å²) in [5.41, 5.74) is 4.27. The van der Waals surface area contributed by atoms with Crippen molar-refractivity contribution < 1.29 is 28.2 Å². The van der Waals surface area contributed by atoms with Crippen molar-refractivity contribution in [2.24, 2.45) is 0 Å². The zero-order chi connectivity index (χ0) is 27.1. The van der Waals surface area contributed by atoms with Gasteiger partial charge in [-0.1, -0.05) is 36.4 Å². The Labute approximate surface area is 219 Å². The molecule has 4 rings (SSSR count). The van der Waals surface area contributed by atoms with Crippen molar-refractivity contribution in [3.8, 4) is 11.5 Å². The second-order valence-electron chi connectivity index (χ2n) is 8.22. The SMILES string of the molecule is C=CCc1cc(/C=C2/C(=O)NN(c3ccccc3)C2=O)cc(OCC)c1OCC(=O)Nc1ccccc1F. The fraction of sp³-hybridized carbons (Fsp3) is 0.138. The molecular formula is C29H26FN3O5. The number of hydrogen-bond acceptors (Lipinski definition) is 5. The van der Waals surface area contributed by atoms with Gasteiger partial charge in [-0.15, -0.1) is 6.58 Å². The summed E-state index contributed by atoms with van der Waals surface area (Å²) in [4.78, 5) is 38.1. The molecule has 194 valence electrons. The van der Waals surface area contributed by atoms with Crippen LogP contribution in [0.2, 0.25) is 0 Å². The lowest BCUT2D eigenvalue weighted by Crippen LogP contribution is -2.35. The second kappa shape index (κ2) is 11.9. The number of rotatable bonds is 10. The molecule has 0 aliphatic carbocycles. The Balaban J connectivity index is 1.60. The number of nitrogens with zero attached hydrogens (tertiary/aromatic N) is 1. The Bertz CT molecular complexity index is 1400. The van der Waals surface area contributed by atoms with Gasteiger partial charge in [0.2, 0.25) is 0 Å². The van der Waals surface area contributed by atoms with Gasteiger partial charge < -0.3 is 14.8 Å². The Hall–Kier alpha value is -4.92. The van der Waals surface area contributed by atoms with Gasteiger partial charge >= 0.3 is 0 Å². The lowest BCUT2D eigenvalue weighted by Gasteiger charge is -2.17. The minimum atomic E-state index is -0.558. The third kappa shape index (κ3) is 5.89. The van der Waals surface area contributed by atoms with Gasteiger partial charge in [-0.3, -0.25) is 19.8 Å². The number of carbonyl (C=O) groups excluding carboxylic acids is 3. The summed E-state index contributed by atoms with van der Waals surface area (Å²) in [6.07, 6.45) is 3.49. The Morgan fingerprint density at radius 2 is 1.82 bits per heavy atom. The number of benzene rings is 3. The highest BCUT2D eigenvalue weighted by molar-refractivity contribution is 6.31. The van der Waals surface area contributed by atoms with Crippen molar-refractivity contribution in [3.63, 3.8) is 0 Å². The molecule has 3 aromatic carbocycles. The van der Waals surface area contributed by atoms with Gasteiger partial charge in [0, 0.05) is 5.56 Å². The molecule has 1 saturated heterocycles. The third-order valence-electron chi connectivity index (χ3n) is 5.53. The Morgan fingerprint density at radius 3 is 2.53 bits per heavy atom. The predicted molar refractivity (Wildman–Crippen MR) is 142 cm³/mol. The first-order chi connectivity index (χ1) is 18.4. The van der Waals surface area contributed by atoms with Gasteiger partial charge in [-0.05, 0) is 61.4 Å². The first kappa shape index (κ1) is 26.2. The van der Waals surface area contributed by atoms with E-state index in [1.54, 1.807) is 55.5 Å². The molecule has 38 heavy (non-hydrogen) atoms. The molecular weight excluding hydrogens is 489 g/mol. The Kier molecular flexibility index (Phi) is 8.17. The molecule has 0 bridgehead atoms. The van der Waals surface area contributed by atoms with Crippen molar-refractivity contribution in [2.45, 2.75) is 13.3 Å². The van der Waals surface area contributed by atoms with E-state index in [1.165, 1.54) is 29.3 Å². The van der Waals surface area contributed by atoms with Crippen LogP contribution < -0.4 is 25.2 Å². The number of nitrogens with one attached hydrogen (secondary N) is 2. The minimum absolute atomic E-state index is 0.0428. The lowest BCUT2D eigenvalue weighted by molar-refractivity contribution is -0.118. The lowest BCUT2D eigenvalue weighted by atomic mass is 10.0. The summed E-state index contributed by atoms with van der Waals surface area (Å²) in [6.45, 7) is 5.47. The van der Waals surface area contributed by atoms with E-state index in [0.717, 1.165) is 0 Å². The average Bonchev–Trinajstić information content (AvgIpc) is 3.19. The maximum atomic E-state index is 13.9. The summed E-state index contributed by atoms with van der Waals surface area (Å²) >= 11 is 0. The summed E-state index contributed by atoms with van der Waals surface area (Å²) in [5.74, 6) is -1.50. The van der Waals surface area contributed by atoms with Crippen LogP contribution in [0.1, 0.15) is 18.1 Å². The molecule has 2 N–H and O–H groups in total. The van der Waals surface area contributed by atoms with Crippen LogP contribution in [0.15, 0.2) is 85.0 Å². The summed E-state index contributed by atoms with van der Waals surface area (Å²) in [5, 5.41) is 3.66. The van der Waals surface area contributed by atoms with E-state index in [4.69, 9.17) is 9.47 Å². The number of hydrogen-bond donors (Lipinski definition) is 2. The Morgan fingerprint density at radius 1 is 1.08 bits per heavy atom. The van der Waals surface area contributed by atoms with Gasteiger partial charge in [-0.2, -0.15) is 0 Å². The number of hydrazine groups is 1. The van der Waals surface area contributed by atoms with Crippen LogP contribution in [0.4, 0.5) is 15.8 Å². The van der Waals surface area contributed by atoms with Gasteiger partial charge in [0.25, 0.3) is 17.7 Å². The molecule has 3 aromatic rings. The number of allylic oxidation sites excluding steroid dienone is 1. The third-order valence-corrected chi connectivity index (χ3v) is 5.53. The number of para-hydroxylation sites is 2. The van der Waals surface area contributed by atoms with Gasteiger partial charge in [-0.25, -0.2) is 9.40 Å².